The van der Waals surface area contributed by atoms with Crippen LogP contribution in [0.4, 0.5) is 0 Å². The van der Waals surface area contributed by atoms with Crippen molar-refractivity contribution >= 4 is 23.4 Å². The van der Waals surface area contributed by atoms with E-state index in [4.69, 9.17) is 9.15 Å². The Bertz CT molecular complexity index is 694. The lowest BCUT2D eigenvalue weighted by molar-refractivity contribution is 0.306. The largest absolute Gasteiger partial charge is 0.493 e. The number of fused-ring (bicyclic) bond motifs is 1. The Balaban J connectivity index is 0.00000242. The lowest BCUT2D eigenvalue weighted by Gasteiger charge is -2.12. The minimum absolute atomic E-state index is 0. The van der Waals surface area contributed by atoms with Gasteiger partial charge in [-0.3, -0.25) is 0 Å². The Morgan fingerprint density at radius 3 is 2.55 bits per heavy atom. The SMILES string of the molecule is CCNCCCOc1ccc2c(C)c(C)c(=O)oc2c1C.Cl. The van der Waals surface area contributed by atoms with Crippen LogP contribution in [0.15, 0.2) is 21.3 Å². The van der Waals surface area contributed by atoms with Gasteiger partial charge in [-0.2, -0.15) is 0 Å². The van der Waals surface area contributed by atoms with E-state index < -0.39 is 0 Å². The topological polar surface area (TPSA) is 51.5 Å². The van der Waals surface area contributed by atoms with Crippen LogP contribution in [0.3, 0.4) is 0 Å². The number of hydrogen-bond acceptors (Lipinski definition) is 4. The molecule has 0 aliphatic rings. The lowest BCUT2D eigenvalue weighted by Crippen LogP contribution is -2.16. The summed E-state index contributed by atoms with van der Waals surface area (Å²) >= 11 is 0. The molecule has 0 aliphatic carbocycles. The van der Waals surface area contributed by atoms with Gasteiger partial charge in [0.1, 0.15) is 11.3 Å². The van der Waals surface area contributed by atoms with Gasteiger partial charge in [0, 0.05) is 16.5 Å². The molecule has 0 radical (unpaired) electrons. The van der Waals surface area contributed by atoms with Gasteiger partial charge in [0.15, 0.2) is 0 Å². The number of aryl methyl sites for hydroxylation is 2. The van der Waals surface area contributed by atoms with Crippen molar-refractivity contribution in [3.63, 3.8) is 0 Å². The molecule has 4 nitrogen and oxygen atoms in total. The zero-order valence-electron chi connectivity index (χ0n) is 13.6. The van der Waals surface area contributed by atoms with Crippen molar-refractivity contribution < 1.29 is 9.15 Å². The number of benzene rings is 1. The first-order valence-electron chi connectivity index (χ1n) is 7.43. The predicted molar refractivity (Wildman–Crippen MR) is 92.6 cm³/mol. The van der Waals surface area contributed by atoms with Gasteiger partial charge in [-0.15, -0.1) is 12.4 Å². The van der Waals surface area contributed by atoms with Crippen molar-refractivity contribution in [2.24, 2.45) is 0 Å². The quantitative estimate of drug-likeness (QED) is 0.652. The van der Waals surface area contributed by atoms with Crippen LogP contribution < -0.4 is 15.7 Å². The van der Waals surface area contributed by atoms with E-state index in [-0.39, 0.29) is 18.0 Å². The fourth-order valence-corrected chi connectivity index (χ4v) is 2.34. The third-order valence-corrected chi connectivity index (χ3v) is 3.83. The average Bonchev–Trinajstić information content (AvgIpc) is 2.47. The summed E-state index contributed by atoms with van der Waals surface area (Å²) in [5, 5.41) is 4.24. The second-order valence-electron chi connectivity index (χ2n) is 5.26. The molecule has 0 amide bonds. The standard InChI is InChI=1S/C17H23NO3.ClH/c1-5-18-9-6-10-20-15-8-7-14-11(2)12(3)17(19)21-16(14)13(15)4;/h7-8,18H,5-6,9-10H2,1-4H3;1H. The molecule has 122 valence electrons. The van der Waals surface area contributed by atoms with E-state index in [1.807, 2.05) is 26.0 Å². The molecule has 0 saturated heterocycles. The second kappa shape index (κ2) is 8.20. The van der Waals surface area contributed by atoms with Gasteiger partial charge in [0.25, 0.3) is 0 Å². The number of hydrogen-bond donors (Lipinski definition) is 1. The summed E-state index contributed by atoms with van der Waals surface area (Å²) < 4.78 is 11.2. The molecule has 0 saturated carbocycles. The smallest absolute Gasteiger partial charge is 0.339 e. The van der Waals surface area contributed by atoms with Crippen LogP contribution in [0.2, 0.25) is 0 Å². The van der Waals surface area contributed by atoms with Crippen LogP contribution in [0.1, 0.15) is 30.0 Å². The summed E-state index contributed by atoms with van der Waals surface area (Å²) in [7, 11) is 0. The summed E-state index contributed by atoms with van der Waals surface area (Å²) in [6, 6.07) is 3.92. The van der Waals surface area contributed by atoms with Gasteiger partial charge >= 0.3 is 5.63 Å². The van der Waals surface area contributed by atoms with Crippen LogP contribution in [0.5, 0.6) is 5.75 Å². The first-order valence-corrected chi connectivity index (χ1v) is 7.43. The fraction of sp³-hybridized carbons (Fsp3) is 0.471. The van der Waals surface area contributed by atoms with Crippen molar-refractivity contribution in [1.82, 2.24) is 5.32 Å². The summed E-state index contributed by atoms with van der Waals surface area (Å²) in [5.41, 5.74) is 2.89. The number of rotatable bonds is 6. The Morgan fingerprint density at radius 2 is 1.86 bits per heavy atom. The molecule has 0 aliphatic heterocycles. The van der Waals surface area contributed by atoms with Gasteiger partial charge in [0.2, 0.25) is 0 Å². The molecule has 0 unspecified atom stereocenters. The van der Waals surface area contributed by atoms with Crippen molar-refractivity contribution in [2.75, 3.05) is 19.7 Å². The van der Waals surface area contributed by atoms with E-state index in [0.717, 1.165) is 41.8 Å². The maximum Gasteiger partial charge on any atom is 0.339 e. The third-order valence-electron chi connectivity index (χ3n) is 3.83. The Kier molecular flexibility index (Phi) is 6.91. The number of nitrogens with one attached hydrogen (secondary N) is 1. The molecule has 5 heteroatoms. The van der Waals surface area contributed by atoms with Gasteiger partial charge in [-0.05, 0) is 58.0 Å². The molecular formula is C17H24ClNO3. The van der Waals surface area contributed by atoms with Crippen LogP contribution >= 0.6 is 12.4 Å². The molecule has 2 rings (SSSR count). The molecule has 1 aromatic carbocycles. The maximum atomic E-state index is 11.8. The van der Waals surface area contributed by atoms with Gasteiger partial charge in [0.05, 0.1) is 6.61 Å². The van der Waals surface area contributed by atoms with Crippen LogP contribution in [-0.4, -0.2) is 19.7 Å². The number of halogens is 1. The molecular weight excluding hydrogens is 302 g/mol. The Hall–Kier alpha value is -1.52. The second-order valence-corrected chi connectivity index (χ2v) is 5.26. The third kappa shape index (κ3) is 3.81. The molecule has 0 fully saturated rings. The molecule has 1 aromatic heterocycles. The monoisotopic (exact) mass is 325 g/mol. The van der Waals surface area contributed by atoms with Crippen molar-refractivity contribution in [3.05, 3.63) is 39.2 Å². The van der Waals surface area contributed by atoms with Crippen LogP contribution in [0.25, 0.3) is 11.0 Å². The summed E-state index contributed by atoms with van der Waals surface area (Å²) in [6.07, 6.45) is 0.947. The summed E-state index contributed by atoms with van der Waals surface area (Å²) in [5.74, 6) is 0.783. The first-order chi connectivity index (χ1) is 10.1. The van der Waals surface area contributed by atoms with Crippen LogP contribution in [0, 0.1) is 20.8 Å². The van der Waals surface area contributed by atoms with E-state index in [1.54, 1.807) is 6.92 Å². The van der Waals surface area contributed by atoms with Gasteiger partial charge in [-0.25, -0.2) is 4.79 Å². The average molecular weight is 326 g/mol. The van der Waals surface area contributed by atoms with Crippen LogP contribution in [-0.2, 0) is 0 Å². The highest BCUT2D eigenvalue weighted by atomic mass is 35.5. The minimum atomic E-state index is -0.271. The molecule has 2 aromatic rings. The van der Waals surface area contributed by atoms with E-state index in [9.17, 15) is 4.79 Å². The van der Waals surface area contributed by atoms with Gasteiger partial charge < -0.3 is 14.5 Å². The highest BCUT2D eigenvalue weighted by molar-refractivity contribution is 5.85. The zero-order valence-corrected chi connectivity index (χ0v) is 14.4. The zero-order chi connectivity index (χ0) is 15.4. The number of ether oxygens (including phenoxy) is 1. The molecule has 0 atom stereocenters. The van der Waals surface area contributed by atoms with E-state index in [1.165, 1.54) is 0 Å². The molecule has 0 spiro atoms. The van der Waals surface area contributed by atoms with Crippen molar-refractivity contribution in [2.45, 2.75) is 34.1 Å². The minimum Gasteiger partial charge on any atom is -0.493 e. The molecule has 0 bridgehead atoms. The maximum absolute atomic E-state index is 11.8. The highest BCUT2D eigenvalue weighted by Crippen LogP contribution is 2.29. The Morgan fingerprint density at radius 1 is 1.14 bits per heavy atom. The van der Waals surface area contributed by atoms with Crippen molar-refractivity contribution in [3.8, 4) is 5.75 Å². The lowest BCUT2D eigenvalue weighted by atomic mass is 10.0. The normalized spacial score (nSPS) is 10.5. The van der Waals surface area contributed by atoms with E-state index in [0.29, 0.717) is 17.8 Å². The molecule has 1 N–H and O–H groups in total. The van der Waals surface area contributed by atoms with E-state index in [2.05, 4.69) is 12.2 Å². The summed E-state index contributed by atoms with van der Waals surface area (Å²) in [4.78, 5) is 11.8. The molecule has 22 heavy (non-hydrogen) atoms. The van der Waals surface area contributed by atoms with E-state index >= 15 is 0 Å². The fourth-order valence-electron chi connectivity index (χ4n) is 2.34. The first kappa shape index (κ1) is 18.5. The molecule has 1 heterocycles. The highest BCUT2D eigenvalue weighted by Gasteiger charge is 2.12. The van der Waals surface area contributed by atoms with Gasteiger partial charge in [-0.1, -0.05) is 6.92 Å². The predicted octanol–water partition coefficient (Wildman–Crippen LogP) is 3.52. The van der Waals surface area contributed by atoms with Crippen molar-refractivity contribution in [1.29, 1.82) is 0 Å². The summed E-state index contributed by atoms with van der Waals surface area (Å²) in [6.45, 7) is 10.3. The Labute approximate surface area is 137 Å².